The van der Waals surface area contributed by atoms with Gasteiger partial charge in [0.15, 0.2) is 0 Å². The minimum Gasteiger partial charge on any atom is -0.481 e. The number of nitrogens with zero attached hydrogens (tertiary/aromatic N) is 1. The second kappa shape index (κ2) is 4.48. The van der Waals surface area contributed by atoms with Gasteiger partial charge in [-0.15, -0.1) is 12.3 Å². The van der Waals surface area contributed by atoms with Crippen LogP contribution in [-0.4, -0.2) is 17.2 Å². The van der Waals surface area contributed by atoms with Crippen LogP contribution < -0.4 is 4.74 Å². The molecule has 3 nitrogen and oxygen atoms in total. The highest BCUT2D eigenvalue weighted by Crippen LogP contribution is 2.16. The van der Waals surface area contributed by atoms with Crippen molar-refractivity contribution in [2.45, 2.75) is 12.5 Å². The molecule has 0 saturated heterocycles. The zero-order chi connectivity index (χ0) is 9.68. The minimum atomic E-state index is -0.636. The lowest BCUT2D eigenvalue weighted by atomic mass is 10.1. The van der Waals surface area contributed by atoms with Gasteiger partial charge in [-0.1, -0.05) is 0 Å². The van der Waals surface area contributed by atoms with Crippen LogP contribution in [0.3, 0.4) is 0 Å². The van der Waals surface area contributed by atoms with Crippen molar-refractivity contribution >= 4 is 0 Å². The van der Waals surface area contributed by atoms with Crippen molar-refractivity contribution in [1.82, 2.24) is 4.98 Å². The van der Waals surface area contributed by atoms with Gasteiger partial charge in [-0.25, -0.2) is 4.98 Å². The maximum atomic E-state index is 9.46. The molecule has 1 aromatic heterocycles. The van der Waals surface area contributed by atoms with E-state index in [0.717, 1.165) is 0 Å². The number of hydrogen-bond acceptors (Lipinski definition) is 3. The molecule has 1 rings (SSSR count). The number of ether oxygens (including phenoxy) is 1. The Morgan fingerprint density at radius 2 is 2.46 bits per heavy atom. The van der Waals surface area contributed by atoms with Gasteiger partial charge in [0.05, 0.1) is 13.2 Å². The molecule has 0 aliphatic rings. The highest BCUT2D eigenvalue weighted by Gasteiger charge is 2.05. The first-order valence-corrected chi connectivity index (χ1v) is 3.89. The molecule has 1 heterocycles. The first-order chi connectivity index (χ1) is 6.27. The summed E-state index contributed by atoms with van der Waals surface area (Å²) in [4.78, 5) is 3.95. The minimum absolute atomic E-state index is 0.300. The molecule has 1 N–H and O–H groups in total. The van der Waals surface area contributed by atoms with E-state index >= 15 is 0 Å². The van der Waals surface area contributed by atoms with Crippen molar-refractivity contribution < 1.29 is 9.84 Å². The van der Waals surface area contributed by atoms with Gasteiger partial charge in [-0.2, -0.15) is 0 Å². The number of rotatable bonds is 3. The second-order valence-corrected chi connectivity index (χ2v) is 2.56. The summed E-state index contributed by atoms with van der Waals surface area (Å²) in [6.07, 6.45) is 6.29. The third kappa shape index (κ3) is 2.46. The topological polar surface area (TPSA) is 42.4 Å². The highest BCUT2D eigenvalue weighted by atomic mass is 16.5. The van der Waals surface area contributed by atoms with Crippen molar-refractivity contribution in [1.29, 1.82) is 0 Å². The van der Waals surface area contributed by atoms with Gasteiger partial charge in [0.25, 0.3) is 0 Å². The fourth-order valence-electron chi connectivity index (χ4n) is 0.939. The summed E-state index contributed by atoms with van der Waals surface area (Å²) in [5.74, 6) is 2.91. The lowest BCUT2D eigenvalue weighted by Crippen LogP contribution is -1.97. The molecule has 0 aromatic carbocycles. The van der Waals surface area contributed by atoms with Crippen LogP contribution in [-0.2, 0) is 0 Å². The predicted molar refractivity (Wildman–Crippen MR) is 49.2 cm³/mol. The van der Waals surface area contributed by atoms with E-state index in [9.17, 15) is 5.11 Å². The maximum Gasteiger partial charge on any atom is 0.212 e. The number of aliphatic hydroxyl groups excluding tert-OH is 1. The summed E-state index contributed by atoms with van der Waals surface area (Å²) in [6.45, 7) is 0. The zero-order valence-corrected chi connectivity index (χ0v) is 7.40. The molecule has 0 radical (unpaired) electrons. The van der Waals surface area contributed by atoms with E-state index in [1.165, 1.54) is 0 Å². The van der Waals surface area contributed by atoms with Gasteiger partial charge < -0.3 is 9.84 Å². The quantitative estimate of drug-likeness (QED) is 0.704. The van der Waals surface area contributed by atoms with Gasteiger partial charge in [0, 0.05) is 24.2 Å². The van der Waals surface area contributed by atoms with Crippen LogP contribution in [0, 0.1) is 12.3 Å². The van der Waals surface area contributed by atoms with Gasteiger partial charge in [0.2, 0.25) is 5.88 Å². The molecule has 13 heavy (non-hydrogen) atoms. The average Bonchev–Trinajstić information content (AvgIpc) is 2.18. The summed E-state index contributed by atoms with van der Waals surface area (Å²) in [6, 6.07) is 3.43. The summed E-state index contributed by atoms with van der Waals surface area (Å²) < 4.78 is 4.88. The number of aliphatic hydroxyl groups is 1. The van der Waals surface area contributed by atoms with E-state index in [0.29, 0.717) is 17.9 Å². The molecule has 0 bridgehead atoms. The van der Waals surface area contributed by atoms with E-state index in [2.05, 4.69) is 10.9 Å². The van der Waals surface area contributed by atoms with Crippen LogP contribution in [0.25, 0.3) is 0 Å². The molecule has 3 heteroatoms. The SMILES string of the molecule is C#CCC(O)c1ccc(OC)nc1. The summed E-state index contributed by atoms with van der Waals surface area (Å²) >= 11 is 0. The first-order valence-electron chi connectivity index (χ1n) is 3.89. The normalized spacial score (nSPS) is 11.8. The lowest BCUT2D eigenvalue weighted by Gasteiger charge is -2.06. The van der Waals surface area contributed by atoms with Crippen LogP contribution in [0.4, 0.5) is 0 Å². The third-order valence-electron chi connectivity index (χ3n) is 1.66. The molecule has 0 aliphatic carbocycles. The molecule has 1 atom stereocenters. The first kappa shape index (κ1) is 9.56. The zero-order valence-electron chi connectivity index (χ0n) is 7.40. The van der Waals surface area contributed by atoms with Crippen molar-refractivity contribution in [2.75, 3.05) is 7.11 Å². The summed E-state index contributed by atoms with van der Waals surface area (Å²) in [5.41, 5.74) is 0.707. The second-order valence-electron chi connectivity index (χ2n) is 2.56. The summed E-state index contributed by atoms with van der Waals surface area (Å²) in [5, 5.41) is 9.46. The molecule has 0 fully saturated rings. The van der Waals surface area contributed by atoms with Gasteiger partial charge in [-0.3, -0.25) is 0 Å². The number of pyridine rings is 1. The molecule has 68 valence electrons. The van der Waals surface area contributed by atoms with Crippen LogP contribution in [0.5, 0.6) is 5.88 Å². The Hall–Kier alpha value is -1.53. The number of aromatic nitrogens is 1. The molecule has 0 aliphatic heterocycles. The molecule has 0 saturated carbocycles. The molecule has 1 aromatic rings. The third-order valence-corrected chi connectivity index (χ3v) is 1.66. The summed E-state index contributed by atoms with van der Waals surface area (Å²) in [7, 11) is 1.54. The van der Waals surface area contributed by atoms with E-state index < -0.39 is 6.10 Å². The molecule has 0 amide bonds. The van der Waals surface area contributed by atoms with Crippen molar-refractivity contribution in [3.8, 4) is 18.2 Å². The number of methoxy groups -OCH3 is 1. The largest absolute Gasteiger partial charge is 0.481 e. The fourth-order valence-corrected chi connectivity index (χ4v) is 0.939. The van der Waals surface area contributed by atoms with Crippen LogP contribution in [0.1, 0.15) is 18.1 Å². The van der Waals surface area contributed by atoms with E-state index in [-0.39, 0.29) is 0 Å². The monoisotopic (exact) mass is 177 g/mol. The van der Waals surface area contributed by atoms with Crippen molar-refractivity contribution in [3.63, 3.8) is 0 Å². The number of hydrogen-bond donors (Lipinski definition) is 1. The Labute approximate surface area is 77.4 Å². The molecule has 0 spiro atoms. The van der Waals surface area contributed by atoms with Crippen LogP contribution >= 0.6 is 0 Å². The Kier molecular flexibility index (Phi) is 3.30. The Morgan fingerprint density at radius 3 is 2.92 bits per heavy atom. The molecule has 1 unspecified atom stereocenters. The van der Waals surface area contributed by atoms with Crippen molar-refractivity contribution in [2.24, 2.45) is 0 Å². The smallest absolute Gasteiger partial charge is 0.212 e. The highest BCUT2D eigenvalue weighted by molar-refractivity contribution is 5.20. The van der Waals surface area contributed by atoms with Gasteiger partial charge in [0.1, 0.15) is 0 Å². The van der Waals surface area contributed by atoms with Crippen molar-refractivity contribution in [3.05, 3.63) is 23.9 Å². The standard InChI is InChI=1S/C10H11NO2/c1-3-4-9(12)8-5-6-10(13-2)11-7-8/h1,5-7,9,12H,4H2,2H3. The Bertz CT molecular complexity index is 300. The predicted octanol–water partition coefficient (Wildman–Crippen LogP) is 1.15. The van der Waals surface area contributed by atoms with E-state index in [1.807, 2.05) is 0 Å². The van der Waals surface area contributed by atoms with E-state index in [1.54, 1.807) is 25.4 Å². The van der Waals surface area contributed by atoms with Crippen LogP contribution in [0.15, 0.2) is 18.3 Å². The van der Waals surface area contributed by atoms with Gasteiger partial charge in [-0.05, 0) is 6.07 Å². The molecular weight excluding hydrogens is 166 g/mol. The maximum absolute atomic E-state index is 9.46. The van der Waals surface area contributed by atoms with Gasteiger partial charge >= 0.3 is 0 Å². The van der Waals surface area contributed by atoms with E-state index in [4.69, 9.17) is 11.2 Å². The van der Waals surface area contributed by atoms with Crippen LogP contribution in [0.2, 0.25) is 0 Å². The lowest BCUT2D eigenvalue weighted by molar-refractivity contribution is 0.183. The Balaban J connectivity index is 2.74. The molecular formula is C10H11NO2. The average molecular weight is 177 g/mol. The number of terminal acetylenes is 1. The Morgan fingerprint density at radius 1 is 1.69 bits per heavy atom. The fraction of sp³-hybridized carbons (Fsp3) is 0.300.